The summed E-state index contributed by atoms with van der Waals surface area (Å²) >= 11 is 0. The number of carbonyl (C=O) groups is 1. The third-order valence-electron chi connectivity index (χ3n) is 16.5. The van der Waals surface area contributed by atoms with Gasteiger partial charge in [-0.25, -0.2) is 0 Å². The van der Waals surface area contributed by atoms with Crippen molar-refractivity contribution >= 4 is 5.91 Å². The number of aliphatic hydroxyl groups excluding tert-OH is 11. The zero-order valence-corrected chi connectivity index (χ0v) is 53.0. The molecule has 3 fully saturated rings. The van der Waals surface area contributed by atoms with Gasteiger partial charge in [-0.1, -0.05) is 215 Å². The molecule has 0 saturated carbocycles. The largest absolute Gasteiger partial charge is 0.394 e. The lowest BCUT2D eigenvalue weighted by atomic mass is 9.96. The number of rotatable bonds is 50. The maximum Gasteiger partial charge on any atom is 0.220 e. The quantitative estimate of drug-likeness (QED) is 0.0202. The van der Waals surface area contributed by atoms with E-state index in [1.165, 1.54) is 122 Å². The topological polar surface area (TPSA) is 307 Å². The molecule has 17 atom stereocenters. The van der Waals surface area contributed by atoms with Crippen LogP contribution in [0.5, 0.6) is 0 Å². The zero-order valence-electron chi connectivity index (χ0n) is 53.0. The number of allylic oxidation sites excluding steroid dienone is 11. The van der Waals surface area contributed by atoms with Crippen molar-refractivity contribution < 1.29 is 89.4 Å². The Balaban J connectivity index is 1.36. The second-order valence-electron chi connectivity index (χ2n) is 23.9. The van der Waals surface area contributed by atoms with Crippen LogP contribution in [0, 0.1) is 0 Å². The van der Waals surface area contributed by atoms with Crippen molar-refractivity contribution in [3.8, 4) is 0 Å². The van der Waals surface area contributed by atoms with Crippen LogP contribution in [0.3, 0.4) is 0 Å². The van der Waals surface area contributed by atoms with Crippen LogP contribution in [0.15, 0.2) is 72.9 Å². The highest BCUT2D eigenvalue weighted by Gasteiger charge is 2.53. The minimum absolute atomic E-state index is 0.234. The molecular formula is C68H119NO18. The third-order valence-corrected chi connectivity index (χ3v) is 16.5. The van der Waals surface area contributed by atoms with Gasteiger partial charge in [-0.3, -0.25) is 4.79 Å². The number of ether oxygens (including phenoxy) is 6. The summed E-state index contributed by atoms with van der Waals surface area (Å²) in [5.41, 5.74) is 0. The second-order valence-corrected chi connectivity index (χ2v) is 23.9. The van der Waals surface area contributed by atoms with E-state index in [0.717, 1.165) is 64.2 Å². The highest BCUT2D eigenvalue weighted by Crippen LogP contribution is 2.33. The van der Waals surface area contributed by atoms with Gasteiger partial charge in [0.25, 0.3) is 0 Å². The van der Waals surface area contributed by atoms with Crippen molar-refractivity contribution in [3.05, 3.63) is 72.9 Å². The van der Waals surface area contributed by atoms with Crippen LogP contribution in [-0.4, -0.2) is 193 Å². The summed E-state index contributed by atoms with van der Waals surface area (Å²) in [5.74, 6) is -0.288. The average molecular weight is 1240 g/mol. The van der Waals surface area contributed by atoms with E-state index in [0.29, 0.717) is 12.8 Å². The van der Waals surface area contributed by atoms with E-state index in [-0.39, 0.29) is 18.9 Å². The Kier molecular flexibility index (Phi) is 45.0. The molecule has 17 unspecified atom stereocenters. The average Bonchev–Trinajstić information content (AvgIpc) is 3.71. The lowest BCUT2D eigenvalue weighted by Gasteiger charge is -2.48. The highest BCUT2D eigenvalue weighted by molar-refractivity contribution is 5.76. The minimum atomic E-state index is -1.98. The van der Waals surface area contributed by atoms with Crippen molar-refractivity contribution in [1.82, 2.24) is 5.32 Å². The Bertz CT molecular complexity index is 1860. The maximum absolute atomic E-state index is 13.4. The zero-order chi connectivity index (χ0) is 63.3. The number of aliphatic hydroxyl groups is 11. The van der Waals surface area contributed by atoms with Crippen molar-refractivity contribution in [2.75, 3.05) is 26.4 Å². The third kappa shape index (κ3) is 32.4. The molecule has 504 valence electrons. The molecule has 12 N–H and O–H groups in total. The molecule has 0 aromatic rings. The van der Waals surface area contributed by atoms with Crippen LogP contribution >= 0.6 is 0 Å². The predicted molar refractivity (Wildman–Crippen MR) is 337 cm³/mol. The fourth-order valence-corrected chi connectivity index (χ4v) is 11.0. The van der Waals surface area contributed by atoms with E-state index >= 15 is 0 Å². The molecule has 0 aromatic heterocycles. The molecule has 3 rings (SSSR count). The molecule has 0 spiro atoms. The van der Waals surface area contributed by atoms with E-state index < -0.39 is 124 Å². The normalized spacial score (nSPS) is 29.0. The van der Waals surface area contributed by atoms with Gasteiger partial charge < -0.3 is 89.9 Å². The van der Waals surface area contributed by atoms with Gasteiger partial charge in [-0.2, -0.15) is 0 Å². The molecule has 19 nitrogen and oxygen atoms in total. The van der Waals surface area contributed by atoms with Crippen LogP contribution in [-0.2, 0) is 33.2 Å². The van der Waals surface area contributed by atoms with Gasteiger partial charge in [0.15, 0.2) is 18.9 Å². The van der Waals surface area contributed by atoms with Gasteiger partial charge in [0, 0.05) is 6.42 Å². The van der Waals surface area contributed by atoms with Gasteiger partial charge in [0.1, 0.15) is 73.2 Å². The van der Waals surface area contributed by atoms with E-state index in [1.54, 1.807) is 6.08 Å². The Morgan fingerprint density at radius 2 is 0.805 bits per heavy atom. The van der Waals surface area contributed by atoms with Crippen LogP contribution in [0.2, 0.25) is 0 Å². The van der Waals surface area contributed by atoms with Gasteiger partial charge in [0.05, 0.1) is 38.6 Å². The standard InChI is InChI=1S/C68H119NO18/c1-3-5-7-9-11-13-15-16-17-18-19-20-21-22-23-24-25-26-27-28-29-30-31-32-33-34-36-38-40-42-44-46-56(74)69-51(52(73)45-43-41-39-37-35-14-12-10-8-6-4-2)50-82-66-62(80)59(77)64(54(48-71)84-66)87-68-63(81)60(78)65(55(49-72)85-68)86-67-61(79)58(76)57(75)53(47-70)83-67/h5,7,11,13,16-17,19-20,35,37,43,45,51-55,57-68,70-73,75-81H,3-4,6,8-10,12,14-15,18,21-34,36,38-42,44,46-50H2,1-2H3,(H,69,74)/b7-5-,13-11-,17-16-,20-19-,37-35+,45-43+. The molecule has 3 heterocycles. The first kappa shape index (κ1) is 78.5. The first-order valence-corrected chi connectivity index (χ1v) is 33.7. The van der Waals surface area contributed by atoms with Crippen LogP contribution < -0.4 is 5.32 Å². The molecule has 0 bridgehead atoms. The Hall–Kier alpha value is -2.77. The van der Waals surface area contributed by atoms with Crippen molar-refractivity contribution in [2.45, 2.75) is 324 Å². The fourth-order valence-electron chi connectivity index (χ4n) is 11.0. The molecule has 3 aliphatic rings. The number of hydrogen-bond acceptors (Lipinski definition) is 18. The smallest absolute Gasteiger partial charge is 0.220 e. The highest BCUT2D eigenvalue weighted by atomic mass is 16.8. The van der Waals surface area contributed by atoms with Gasteiger partial charge >= 0.3 is 0 Å². The summed E-state index contributed by atoms with van der Waals surface area (Å²) in [6, 6.07) is -0.990. The van der Waals surface area contributed by atoms with Crippen molar-refractivity contribution in [3.63, 3.8) is 0 Å². The van der Waals surface area contributed by atoms with E-state index in [2.05, 4.69) is 79.9 Å². The van der Waals surface area contributed by atoms with E-state index in [1.807, 2.05) is 6.08 Å². The molecule has 0 aromatic carbocycles. The predicted octanol–water partition coefficient (Wildman–Crippen LogP) is 8.16. The van der Waals surface area contributed by atoms with Crippen LogP contribution in [0.25, 0.3) is 0 Å². The monoisotopic (exact) mass is 1240 g/mol. The molecule has 1 amide bonds. The fraction of sp³-hybridized carbons (Fsp3) is 0.809. The summed E-state index contributed by atoms with van der Waals surface area (Å²) < 4.78 is 34.2. The van der Waals surface area contributed by atoms with Crippen molar-refractivity contribution in [2.24, 2.45) is 0 Å². The summed E-state index contributed by atoms with van der Waals surface area (Å²) in [5, 5.41) is 120. The first-order chi connectivity index (χ1) is 42.3. The molecule has 3 aliphatic heterocycles. The van der Waals surface area contributed by atoms with E-state index in [4.69, 9.17) is 28.4 Å². The van der Waals surface area contributed by atoms with Gasteiger partial charge in [-0.05, 0) is 70.6 Å². The lowest BCUT2D eigenvalue weighted by Crippen LogP contribution is -2.66. The summed E-state index contributed by atoms with van der Waals surface area (Å²) in [4.78, 5) is 13.4. The van der Waals surface area contributed by atoms with Gasteiger partial charge in [-0.15, -0.1) is 0 Å². The first-order valence-electron chi connectivity index (χ1n) is 33.7. The van der Waals surface area contributed by atoms with Gasteiger partial charge in [0.2, 0.25) is 5.91 Å². The number of carbonyl (C=O) groups excluding carboxylic acids is 1. The Morgan fingerprint density at radius 1 is 0.425 bits per heavy atom. The van der Waals surface area contributed by atoms with Crippen molar-refractivity contribution in [1.29, 1.82) is 0 Å². The lowest BCUT2D eigenvalue weighted by molar-refractivity contribution is -0.379. The number of unbranched alkanes of at least 4 members (excludes halogenated alkanes) is 24. The van der Waals surface area contributed by atoms with E-state index in [9.17, 15) is 61.0 Å². The SMILES string of the molecule is CC/C=C\C/C=C\C/C=C\C/C=C\CCCCCCCCCCCCCCCCCCCCC(=O)NC(COC1OC(CO)C(OC2OC(CO)C(OC3OC(CO)C(O)C(O)C3O)C(O)C2O)C(O)C1O)C(O)/C=C/CC/C=C/CCCCCCC. The molecule has 3 saturated heterocycles. The number of nitrogens with one attached hydrogen (secondary N) is 1. The molecule has 0 radical (unpaired) electrons. The van der Waals surface area contributed by atoms with Crippen LogP contribution in [0.1, 0.15) is 219 Å². The van der Waals surface area contributed by atoms with Crippen LogP contribution in [0.4, 0.5) is 0 Å². The number of hydrogen-bond donors (Lipinski definition) is 12. The minimum Gasteiger partial charge on any atom is -0.394 e. The summed E-state index contributed by atoms with van der Waals surface area (Å²) in [6.45, 7) is 1.56. The maximum atomic E-state index is 13.4. The molecular weight excluding hydrogens is 1120 g/mol. The summed E-state index contributed by atoms with van der Waals surface area (Å²) in [7, 11) is 0. The molecule has 19 heteroatoms. The molecule has 87 heavy (non-hydrogen) atoms. The second kappa shape index (κ2) is 49.9. The Labute approximate surface area is 521 Å². The Morgan fingerprint density at radius 3 is 1.29 bits per heavy atom. The molecule has 0 aliphatic carbocycles. The number of amides is 1. The summed E-state index contributed by atoms with van der Waals surface area (Å²) in [6.07, 6.45) is 34.8.